The highest BCUT2D eigenvalue weighted by Gasteiger charge is 2.17. The molecule has 33 heavy (non-hydrogen) atoms. The van der Waals surface area contributed by atoms with Crippen molar-refractivity contribution in [3.63, 3.8) is 0 Å². The van der Waals surface area contributed by atoms with E-state index in [9.17, 15) is 4.79 Å². The van der Waals surface area contributed by atoms with Gasteiger partial charge in [-0.1, -0.05) is 53.3 Å². The number of halogens is 1. The van der Waals surface area contributed by atoms with E-state index in [1.807, 2.05) is 54.6 Å². The van der Waals surface area contributed by atoms with E-state index in [2.05, 4.69) is 20.3 Å². The maximum atomic E-state index is 13.2. The summed E-state index contributed by atoms with van der Waals surface area (Å²) in [6.45, 7) is 0. The van der Waals surface area contributed by atoms with Crippen LogP contribution in [0, 0.1) is 0 Å². The smallest absolute Gasteiger partial charge is 0.258 e. The number of fused-ring (bicyclic) bond motifs is 1. The molecule has 0 aliphatic heterocycles. The van der Waals surface area contributed by atoms with E-state index in [-0.39, 0.29) is 5.91 Å². The summed E-state index contributed by atoms with van der Waals surface area (Å²) < 4.78 is 6.33. The van der Waals surface area contributed by atoms with Crippen molar-refractivity contribution in [1.82, 2.24) is 15.0 Å². The number of anilines is 1. The number of carbonyl (C=O) groups is 1. The fraction of sp³-hybridized carbons (Fsp3) is 0.0400. The lowest BCUT2D eigenvalue weighted by molar-refractivity contribution is 0.102. The van der Waals surface area contributed by atoms with Crippen molar-refractivity contribution in [3.05, 3.63) is 89.8 Å². The van der Waals surface area contributed by atoms with E-state index in [0.717, 1.165) is 21.4 Å². The maximum Gasteiger partial charge on any atom is 0.258 e. The third-order valence-electron chi connectivity index (χ3n) is 5.11. The number of ether oxygens (including phenoxy) is 1. The molecule has 0 spiro atoms. The number of nitrogens with one attached hydrogen (secondary N) is 1. The molecule has 1 amide bonds. The van der Waals surface area contributed by atoms with Crippen LogP contribution in [0.4, 0.5) is 5.13 Å². The van der Waals surface area contributed by atoms with Gasteiger partial charge in [-0.25, -0.2) is 4.98 Å². The highest BCUT2D eigenvalue weighted by molar-refractivity contribution is 7.22. The van der Waals surface area contributed by atoms with Gasteiger partial charge in [-0.2, -0.15) is 4.98 Å². The Morgan fingerprint density at radius 1 is 1.00 bits per heavy atom. The first-order chi connectivity index (χ1) is 16.1. The molecule has 1 N–H and O–H groups in total. The lowest BCUT2D eigenvalue weighted by Crippen LogP contribution is -2.13. The van der Waals surface area contributed by atoms with Crippen molar-refractivity contribution < 1.29 is 9.53 Å². The molecule has 5 rings (SSSR count). The highest BCUT2D eigenvalue weighted by atomic mass is 35.5. The second-order valence-corrected chi connectivity index (χ2v) is 8.61. The molecule has 0 aliphatic carbocycles. The molecule has 0 saturated carbocycles. The van der Waals surface area contributed by atoms with Crippen molar-refractivity contribution in [2.24, 2.45) is 0 Å². The molecule has 0 saturated heterocycles. The number of nitrogens with zero attached hydrogens (tertiary/aromatic N) is 3. The molecule has 2 aromatic carbocycles. The van der Waals surface area contributed by atoms with Gasteiger partial charge in [0, 0.05) is 40.3 Å². The number of para-hydroxylation sites is 1. The van der Waals surface area contributed by atoms with Gasteiger partial charge in [-0.15, -0.1) is 0 Å². The fourth-order valence-electron chi connectivity index (χ4n) is 3.51. The van der Waals surface area contributed by atoms with Crippen LogP contribution < -0.4 is 10.1 Å². The van der Waals surface area contributed by atoms with E-state index < -0.39 is 0 Å². The van der Waals surface area contributed by atoms with Gasteiger partial charge >= 0.3 is 0 Å². The Bertz CT molecular complexity index is 1470. The third kappa shape index (κ3) is 4.28. The van der Waals surface area contributed by atoms with Gasteiger partial charge in [0.15, 0.2) is 10.8 Å². The van der Waals surface area contributed by atoms with Gasteiger partial charge in [-0.3, -0.25) is 15.1 Å². The summed E-state index contributed by atoms with van der Waals surface area (Å²) in [5, 5.41) is 4.06. The Labute approximate surface area is 198 Å². The molecule has 0 bridgehead atoms. The first-order valence-corrected chi connectivity index (χ1v) is 11.2. The lowest BCUT2D eigenvalue weighted by atomic mass is 10.0. The minimum atomic E-state index is -0.282. The average Bonchev–Trinajstić information content (AvgIpc) is 3.26. The molecular formula is C25H17ClN4O2S. The Kier molecular flexibility index (Phi) is 5.73. The van der Waals surface area contributed by atoms with Gasteiger partial charge in [0.25, 0.3) is 5.91 Å². The van der Waals surface area contributed by atoms with Crippen molar-refractivity contribution in [2.45, 2.75) is 0 Å². The monoisotopic (exact) mass is 472 g/mol. The second kappa shape index (κ2) is 8.97. The summed E-state index contributed by atoms with van der Waals surface area (Å²) in [6, 6.07) is 18.8. The van der Waals surface area contributed by atoms with Crippen LogP contribution in [-0.2, 0) is 0 Å². The van der Waals surface area contributed by atoms with Crippen LogP contribution in [0.2, 0.25) is 5.02 Å². The minimum Gasteiger partial charge on any atom is -0.496 e. The summed E-state index contributed by atoms with van der Waals surface area (Å²) in [4.78, 5) is 26.3. The first-order valence-electron chi connectivity index (χ1n) is 10.0. The van der Waals surface area contributed by atoms with Crippen LogP contribution in [0.3, 0.4) is 0 Å². The number of rotatable bonds is 5. The number of hydrogen-bond acceptors (Lipinski definition) is 6. The van der Waals surface area contributed by atoms with Crippen molar-refractivity contribution >= 4 is 44.3 Å². The van der Waals surface area contributed by atoms with Gasteiger partial charge in [0.2, 0.25) is 0 Å². The summed E-state index contributed by atoms with van der Waals surface area (Å²) >= 11 is 7.36. The molecule has 3 aromatic heterocycles. The molecule has 0 atom stereocenters. The molecular weight excluding hydrogens is 456 g/mol. The van der Waals surface area contributed by atoms with E-state index >= 15 is 0 Å². The van der Waals surface area contributed by atoms with Gasteiger partial charge in [0.05, 0.1) is 17.4 Å². The highest BCUT2D eigenvalue weighted by Crippen LogP contribution is 2.33. The average molecular weight is 473 g/mol. The standard InChI is InChI=1S/C25H17ClN4O2S/c1-32-21-5-3-2-4-18(21)20-14-27-11-10-19(20)24(31)30-25-29-23-22(33-25)12-16(13-28-23)15-6-8-17(26)9-7-15/h2-14H,1H3,(H,28,29,30,31). The largest absolute Gasteiger partial charge is 0.496 e. The number of carbonyl (C=O) groups excluding carboxylic acids is 1. The molecule has 0 radical (unpaired) electrons. The van der Waals surface area contributed by atoms with Crippen LogP contribution in [-0.4, -0.2) is 28.0 Å². The molecule has 3 heterocycles. The van der Waals surface area contributed by atoms with Crippen LogP contribution in [0.15, 0.2) is 79.3 Å². The molecule has 0 aliphatic rings. The SMILES string of the molecule is COc1ccccc1-c1cnccc1C(=O)Nc1nc2ncc(-c3ccc(Cl)cc3)cc2s1. The lowest BCUT2D eigenvalue weighted by Gasteiger charge is -2.11. The van der Waals surface area contributed by atoms with Crippen molar-refractivity contribution in [1.29, 1.82) is 0 Å². The van der Waals surface area contributed by atoms with Crippen molar-refractivity contribution in [3.8, 4) is 28.0 Å². The van der Waals surface area contributed by atoms with Crippen LogP contribution >= 0.6 is 22.9 Å². The summed E-state index contributed by atoms with van der Waals surface area (Å²) in [5.41, 5.74) is 4.48. The van der Waals surface area contributed by atoms with Crippen LogP contribution in [0.1, 0.15) is 10.4 Å². The van der Waals surface area contributed by atoms with E-state index in [1.54, 1.807) is 31.8 Å². The van der Waals surface area contributed by atoms with E-state index in [0.29, 0.717) is 32.7 Å². The fourth-order valence-corrected chi connectivity index (χ4v) is 4.50. The zero-order valence-electron chi connectivity index (χ0n) is 17.4. The summed E-state index contributed by atoms with van der Waals surface area (Å²) in [6.07, 6.45) is 5.01. The van der Waals surface area contributed by atoms with Gasteiger partial charge < -0.3 is 4.74 Å². The Hall–Kier alpha value is -3.81. The predicted octanol–water partition coefficient (Wildman–Crippen LogP) is 6.33. The third-order valence-corrected chi connectivity index (χ3v) is 6.27. The normalized spacial score (nSPS) is 10.8. The Balaban J connectivity index is 1.45. The number of pyridine rings is 2. The summed E-state index contributed by atoms with van der Waals surface area (Å²) in [5.74, 6) is 0.383. The number of methoxy groups -OCH3 is 1. The van der Waals surface area contributed by atoms with Crippen molar-refractivity contribution in [2.75, 3.05) is 12.4 Å². The predicted molar refractivity (Wildman–Crippen MR) is 132 cm³/mol. The van der Waals surface area contributed by atoms with E-state index in [1.165, 1.54) is 11.3 Å². The zero-order valence-corrected chi connectivity index (χ0v) is 19.0. The number of amides is 1. The zero-order chi connectivity index (χ0) is 22.8. The topological polar surface area (TPSA) is 77.0 Å². The minimum absolute atomic E-state index is 0.282. The molecule has 5 aromatic rings. The number of benzene rings is 2. The van der Waals surface area contributed by atoms with Gasteiger partial charge in [0.1, 0.15) is 5.75 Å². The molecule has 162 valence electrons. The summed E-state index contributed by atoms with van der Waals surface area (Å²) in [7, 11) is 1.60. The Morgan fingerprint density at radius 2 is 1.82 bits per heavy atom. The van der Waals surface area contributed by atoms with E-state index in [4.69, 9.17) is 16.3 Å². The molecule has 8 heteroatoms. The van der Waals surface area contributed by atoms with Crippen LogP contribution in [0.25, 0.3) is 32.6 Å². The number of thiazole rings is 1. The number of hydrogen-bond donors (Lipinski definition) is 1. The van der Waals surface area contributed by atoms with Crippen LogP contribution in [0.5, 0.6) is 5.75 Å². The first kappa shape index (κ1) is 21.1. The maximum absolute atomic E-state index is 13.2. The molecule has 0 fully saturated rings. The number of aromatic nitrogens is 3. The second-order valence-electron chi connectivity index (χ2n) is 7.15. The molecule has 0 unspecified atom stereocenters. The quantitative estimate of drug-likeness (QED) is 0.323. The Morgan fingerprint density at radius 3 is 2.64 bits per heavy atom. The molecule has 6 nitrogen and oxygen atoms in total. The van der Waals surface area contributed by atoms with Gasteiger partial charge in [-0.05, 0) is 35.9 Å².